The molecule has 1 rings (SSSR count). The van der Waals surface area contributed by atoms with Gasteiger partial charge in [0.1, 0.15) is 0 Å². The SMILES string of the molecule is N#CCc1c[nH]cc(Br)c1=O. The Morgan fingerprint density at radius 1 is 1.64 bits per heavy atom. The number of halogens is 1. The Morgan fingerprint density at radius 3 is 3.00 bits per heavy atom. The topological polar surface area (TPSA) is 56.6 Å². The van der Waals surface area contributed by atoms with Gasteiger partial charge in [0.15, 0.2) is 5.43 Å². The normalized spacial score (nSPS) is 9.09. The summed E-state index contributed by atoms with van der Waals surface area (Å²) >= 11 is 3.06. The zero-order chi connectivity index (χ0) is 8.27. The molecule has 1 heterocycles. The Labute approximate surface area is 71.8 Å². The van der Waals surface area contributed by atoms with Gasteiger partial charge >= 0.3 is 0 Å². The van der Waals surface area contributed by atoms with E-state index in [1.54, 1.807) is 6.20 Å². The van der Waals surface area contributed by atoms with E-state index in [-0.39, 0.29) is 11.8 Å². The molecule has 0 atom stereocenters. The number of nitrogens with one attached hydrogen (secondary N) is 1. The number of H-pyrrole nitrogens is 1. The Bertz CT molecular complexity index is 350. The van der Waals surface area contributed by atoms with Crippen LogP contribution in [0.5, 0.6) is 0 Å². The predicted octanol–water partition coefficient (Wildman–Crippen LogP) is 1.20. The van der Waals surface area contributed by atoms with Crippen molar-refractivity contribution >= 4 is 15.9 Å². The van der Waals surface area contributed by atoms with Crippen LogP contribution in [0.2, 0.25) is 0 Å². The van der Waals surface area contributed by atoms with Crippen molar-refractivity contribution in [1.29, 1.82) is 5.26 Å². The van der Waals surface area contributed by atoms with E-state index in [2.05, 4.69) is 20.9 Å². The van der Waals surface area contributed by atoms with Crippen molar-refractivity contribution in [2.24, 2.45) is 0 Å². The molecular weight excluding hydrogens is 208 g/mol. The fourth-order valence-electron chi connectivity index (χ4n) is 0.716. The van der Waals surface area contributed by atoms with Crippen molar-refractivity contribution in [3.8, 4) is 6.07 Å². The molecule has 56 valence electrons. The van der Waals surface area contributed by atoms with Gasteiger partial charge in [0.25, 0.3) is 0 Å². The third-order valence-corrected chi connectivity index (χ3v) is 1.83. The van der Waals surface area contributed by atoms with E-state index in [1.807, 2.05) is 6.07 Å². The lowest BCUT2D eigenvalue weighted by atomic mass is 10.2. The third-order valence-electron chi connectivity index (χ3n) is 1.25. The van der Waals surface area contributed by atoms with Crippen molar-refractivity contribution in [2.75, 3.05) is 0 Å². The maximum absolute atomic E-state index is 11.1. The predicted molar refractivity (Wildman–Crippen MR) is 44.1 cm³/mol. The lowest BCUT2D eigenvalue weighted by molar-refractivity contribution is 1.15. The molecule has 0 aliphatic rings. The molecule has 0 saturated heterocycles. The van der Waals surface area contributed by atoms with Crippen LogP contribution in [-0.4, -0.2) is 4.98 Å². The largest absolute Gasteiger partial charge is 0.366 e. The maximum atomic E-state index is 11.1. The third kappa shape index (κ3) is 1.69. The van der Waals surface area contributed by atoms with Crippen molar-refractivity contribution in [3.05, 3.63) is 32.7 Å². The molecule has 1 aromatic heterocycles. The van der Waals surface area contributed by atoms with Crippen LogP contribution in [0.4, 0.5) is 0 Å². The fraction of sp³-hybridized carbons (Fsp3) is 0.143. The second kappa shape index (κ2) is 3.35. The number of rotatable bonds is 1. The quantitative estimate of drug-likeness (QED) is 0.761. The molecule has 0 radical (unpaired) electrons. The molecule has 0 aliphatic heterocycles. The van der Waals surface area contributed by atoms with Crippen LogP contribution in [0.1, 0.15) is 5.56 Å². The van der Waals surface area contributed by atoms with Gasteiger partial charge in [0.05, 0.1) is 17.0 Å². The number of hydrogen-bond acceptors (Lipinski definition) is 2. The van der Waals surface area contributed by atoms with E-state index in [0.29, 0.717) is 10.0 Å². The van der Waals surface area contributed by atoms with Crippen molar-refractivity contribution in [1.82, 2.24) is 4.98 Å². The number of aromatic nitrogens is 1. The first-order valence-electron chi connectivity index (χ1n) is 2.98. The monoisotopic (exact) mass is 212 g/mol. The molecule has 0 saturated carbocycles. The number of nitriles is 1. The maximum Gasteiger partial charge on any atom is 0.199 e. The summed E-state index contributed by atoms with van der Waals surface area (Å²) in [6, 6.07) is 1.91. The number of aromatic amines is 1. The Balaban J connectivity index is 3.20. The highest BCUT2D eigenvalue weighted by Crippen LogP contribution is 2.01. The smallest absolute Gasteiger partial charge is 0.199 e. The van der Waals surface area contributed by atoms with Crippen molar-refractivity contribution in [3.63, 3.8) is 0 Å². The van der Waals surface area contributed by atoms with Crippen LogP contribution in [-0.2, 0) is 6.42 Å². The van der Waals surface area contributed by atoms with E-state index in [1.165, 1.54) is 6.20 Å². The molecule has 0 bridgehead atoms. The van der Waals surface area contributed by atoms with Gasteiger partial charge in [-0.3, -0.25) is 4.79 Å². The summed E-state index contributed by atoms with van der Waals surface area (Å²) in [7, 11) is 0. The minimum atomic E-state index is -0.120. The number of pyridine rings is 1. The molecule has 0 aromatic carbocycles. The number of nitrogens with zero attached hydrogens (tertiary/aromatic N) is 1. The molecule has 4 heteroatoms. The van der Waals surface area contributed by atoms with Crippen molar-refractivity contribution in [2.45, 2.75) is 6.42 Å². The minimum Gasteiger partial charge on any atom is -0.366 e. The minimum absolute atomic E-state index is 0.120. The highest BCUT2D eigenvalue weighted by atomic mass is 79.9. The van der Waals surface area contributed by atoms with Crippen LogP contribution in [0, 0.1) is 11.3 Å². The van der Waals surface area contributed by atoms with Gasteiger partial charge in [-0.1, -0.05) is 0 Å². The summed E-state index contributed by atoms with van der Waals surface area (Å²) in [6.07, 6.45) is 3.23. The van der Waals surface area contributed by atoms with Gasteiger partial charge in [0, 0.05) is 18.0 Å². The van der Waals surface area contributed by atoms with Crippen LogP contribution >= 0.6 is 15.9 Å². The molecule has 0 unspecified atom stereocenters. The average Bonchev–Trinajstić information content (AvgIpc) is 1.99. The second-order valence-corrected chi connectivity index (χ2v) is 2.85. The molecule has 0 amide bonds. The molecule has 1 N–H and O–H groups in total. The summed E-state index contributed by atoms with van der Waals surface area (Å²) in [5.74, 6) is 0. The average molecular weight is 213 g/mol. The first kappa shape index (κ1) is 8.02. The van der Waals surface area contributed by atoms with Crippen molar-refractivity contribution < 1.29 is 0 Å². The van der Waals surface area contributed by atoms with E-state index in [0.717, 1.165) is 0 Å². The molecular formula is C7H5BrN2O. The van der Waals surface area contributed by atoms with Crippen LogP contribution < -0.4 is 5.43 Å². The second-order valence-electron chi connectivity index (χ2n) is 1.99. The summed E-state index contributed by atoms with van der Waals surface area (Å²) in [5, 5.41) is 8.32. The molecule has 3 nitrogen and oxygen atoms in total. The molecule has 0 fully saturated rings. The molecule has 1 aromatic rings. The van der Waals surface area contributed by atoms with E-state index < -0.39 is 0 Å². The summed E-state index contributed by atoms with van der Waals surface area (Å²) in [4.78, 5) is 13.9. The number of hydrogen-bond donors (Lipinski definition) is 1. The first-order valence-corrected chi connectivity index (χ1v) is 3.77. The van der Waals surface area contributed by atoms with Gasteiger partial charge < -0.3 is 4.98 Å². The lowest BCUT2D eigenvalue weighted by Gasteiger charge is -1.92. The Morgan fingerprint density at radius 2 is 2.36 bits per heavy atom. The molecule has 0 aliphatic carbocycles. The van der Waals surface area contributed by atoms with Gasteiger partial charge in [-0.25, -0.2) is 0 Å². The van der Waals surface area contributed by atoms with E-state index in [4.69, 9.17) is 5.26 Å². The van der Waals surface area contributed by atoms with E-state index in [9.17, 15) is 4.79 Å². The first-order chi connectivity index (χ1) is 5.25. The van der Waals surface area contributed by atoms with Crippen LogP contribution in [0.3, 0.4) is 0 Å². The zero-order valence-electron chi connectivity index (χ0n) is 5.60. The Kier molecular flexibility index (Phi) is 2.44. The fourth-order valence-corrected chi connectivity index (χ4v) is 1.10. The zero-order valence-corrected chi connectivity index (χ0v) is 7.18. The van der Waals surface area contributed by atoms with E-state index >= 15 is 0 Å². The van der Waals surface area contributed by atoms with Crippen LogP contribution in [0.25, 0.3) is 0 Å². The summed E-state index contributed by atoms with van der Waals surface area (Å²) < 4.78 is 0.463. The molecule has 11 heavy (non-hydrogen) atoms. The van der Waals surface area contributed by atoms with Gasteiger partial charge in [-0.05, 0) is 15.9 Å². The summed E-state index contributed by atoms with van der Waals surface area (Å²) in [6.45, 7) is 0. The Hall–Kier alpha value is -1.08. The van der Waals surface area contributed by atoms with Gasteiger partial charge in [0.2, 0.25) is 0 Å². The molecule has 0 spiro atoms. The summed E-state index contributed by atoms with van der Waals surface area (Å²) in [5.41, 5.74) is 0.368. The van der Waals surface area contributed by atoms with Gasteiger partial charge in [-0.15, -0.1) is 0 Å². The highest BCUT2D eigenvalue weighted by molar-refractivity contribution is 9.10. The highest BCUT2D eigenvalue weighted by Gasteiger charge is 2.00. The lowest BCUT2D eigenvalue weighted by Crippen LogP contribution is -2.08. The van der Waals surface area contributed by atoms with Gasteiger partial charge in [-0.2, -0.15) is 5.26 Å². The van der Waals surface area contributed by atoms with Crippen LogP contribution in [0.15, 0.2) is 21.7 Å². The standard InChI is InChI=1S/C7H5BrN2O/c8-6-4-10-3-5(1-2-9)7(6)11/h3-4H,1H2,(H,10,11).